The highest BCUT2D eigenvalue weighted by molar-refractivity contribution is 5.41. The number of halogens is 6. The lowest BCUT2D eigenvalue weighted by atomic mass is 10.2. The Bertz CT molecular complexity index is 752. The first-order chi connectivity index (χ1) is 10.6. The van der Waals surface area contributed by atoms with Crippen LogP contribution in [0.3, 0.4) is 0 Å². The summed E-state index contributed by atoms with van der Waals surface area (Å²) in [5.41, 5.74) is -2.22. The number of alkyl halides is 3. The summed E-state index contributed by atoms with van der Waals surface area (Å²) in [6.07, 6.45) is -4.97. The third-order valence-electron chi connectivity index (χ3n) is 2.66. The van der Waals surface area contributed by atoms with E-state index in [0.717, 1.165) is 12.1 Å². The number of rotatable bonds is 3. The second-order valence-corrected chi connectivity index (χ2v) is 4.24. The molecule has 0 saturated carbocycles. The zero-order chi connectivity index (χ0) is 17.4. The molecule has 0 aliphatic heterocycles. The minimum atomic E-state index is -4.97. The Hall–Kier alpha value is -2.78. The van der Waals surface area contributed by atoms with Gasteiger partial charge in [-0.1, -0.05) is 0 Å². The lowest BCUT2D eigenvalue weighted by molar-refractivity contribution is -0.385. The minimum absolute atomic E-state index is 0.0122. The summed E-state index contributed by atoms with van der Waals surface area (Å²) in [7, 11) is 0. The van der Waals surface area contributed by atoms with Crippen molar-refractivity contribution >= 4 is 5.69 Å². The van der Waals surface area contributed by atoms with E-state index in [9.17, 15) is 36.5 Å². The molecule has 2 rings (SSSR count). The highest BCUT2D eigenvalue weighted by Crippen LogP contribution is 2.36. The maximum atomic E-state index is 13.6. The molecule has 0 spiro atoms. The Kier molecular flexibility index (Phi) is 4.17. The third kappa shape index (κ3) is 3.52. The van der Waals surface area contributed by atoms with Gasteiger partial charge in [-0.25, -0.2) is 13.2 Å². The average molecular weight is 337 g/mol. The molecule has 0 N–H and O–H groups in total. The quantitative estimate of drug-likeness (QED) is 0.458. The average Bonchev–Trinajstić information content (AvgIpc) is 2.42. The minimum Gasteiger partial charge on any atom is -0.448 e. The Morgan fingerprint density at radius 2 is 1.52 bits per heavy atom. The van der Waals surface area contributed by atoms with Crippen LogP contribution in [0.5, 0.6) is 11.5 Å². The summed E-state index contributed by atoms with van der Waals surface area (Å²) in [5.74, 6) is -6.75. The molecule has 10 heteroatoms. The Morgan fingerprint density at radius 1 is 0.957 bits per heavy atom. The van der Waals surface area contributed by atoms with Gasteiger partial charge < -0.3 is 4.74 Å². The van der Waals surface area contributed by atoms with E-state index in [1.807, 2.05) is 0 Å². The van der Waals surface area contributed by atoms with E-state index < -0.39 is 51.3 Å². The van der Waals surface area contributed by atoms with E-state index in [0.29, 0.717) is 6.07 Å². The lowest BCUT2D eigenvalue weighted by Crippen LogP contribution is -2.07. The van der Waals surface area contributed by atoms with Gasteiger partial charge in [0.15, 0.2) is 29.0 Å². The van der Waals surface area contributed by atoms with Crippen molar-refractivity contribution in [3.05, 3.63) is 63.5 Å². The number of non-ortho nitro benzene ring substituents is 1. The predicted octanol–water partition coefficient (Wildman–Crippen LogP) is 4.82. The van der Waals surface area contributed by atoms with Gasteiger partial charge in [0.05, 0.1) is 16.6 Å². The van der Waals surface area contributed by atoms with Crippen LogP contribution in [0.25, 0.3) is 0 Å². The third-order valence-corrected chi connectivity index (χ3v) is 2.66. The first kappa shape index (κ1) is 16.6. The van der Waals surface area contributed by atoms with Crippen LogP contribution in [0.1, 0.15) is 5.56 Å². The Balaban J connectivity index is 2.39. The number of ether oxygens (including phenoxy) is 1. The molecular formula is C13H5F6NO3. The molecule has 0 heterocycles. The summed E-state index contributed by atoms with van der Waals surface area (Å²) < 4.78 is 82.5. The van der Waals surface area contributed by atoms with E-state index in [-0.39, 0.29) is 12.1 Å². The monoisotopic (exact) mass is 337 g/mol. The van der Waals surface area contributed by atoms with Crippen molar-refractivity contribution in [2.45, 2.75) is 6.18 Å². The summed E-state index contributed by atoms with van der Waals surface area (Å²) >= 11 is 0. The molecule has 122 valence electrons. The van der Waals surface area contributed by atoms with Crippen molar-refractivity contribution in [2.24, 2.45) is 0 Å². The van der Waals surface area contributed by atoms with Crippen LogP contribution in [0.15, 0.2) is 30.3 Å². The van der Waals surface area contributed by atoms with Crippen molar-refractivity contribution < 1.29 is 36.0 Å². The van der Waals surface area contributed by atoms with Crippen LogP contribution in [-0.2, 0) is 6.18 Å². The fourth-order valence-electron chi connectivity index (χ4n) is 1.62. The van der Waals surface area contributed by atoms with Crippen molar-refractivity contribution in [3.8, 4) is 11.5 Å². The van der Waals surface area contributed by atoms with Gasteiger partial charge in [-0.15, -0.1) is 0 Å². The van der Waals surface area contributed by atoms with Gasteiger partial charge in [0.25, 0.3) is 5.69 Å². The number of benzene rings is 2. The molecule has 0 amide bonds. The zero-order valence-corrected chi connectivity index (χ0v) is 10.8. The van der Waals surface area contributed by atoms with Gasteiger partial charge in [0, 0.05) is 6.07 Å². The van der Waals surface area contributed by atoms with Gasteiger partial charge in [0.2, 0.25) is 0 Å². The van der Waals surface area contributed by atoms with Crippen LogP contribution in [-0.4, -0.2) is 4.92 Å². The smallest absolute Gasteiger partial charge is 0.416 e. The molecular weight excluding hydrogens is 332 g/mol. The Morgan fingerprint density at radius 3 is 1.96 bits per heavy atom. The normalized spacial score (nSPS) is 11.4. The van der Waals surface area contributed by atoms with Crippen LogP contribution in [0.4, 0.5) is 32.0 Å². The maximum Gasteiger partial charge on any atom is 0.416 e. The van der Waals surface area contributed by atoms with Gasteiger partial charge in [-0.2, -0.15) is 13.2 Å². The molecule has 2 aromatic carbocycles. The topological polar surface area (TPSA) is 52.4 Å². The second kappa shape index (κ2) is 5.78. The van der Waals surface area contributed by atoms with E-state index in [1.165, 1.54) is 0 Å². The number of nitro groups is 1. The highest BCUT2D eigenvalue weighted by atomic mass is 19.4. The van der Waals surface area contributed by atoms with Gasteiger partial charge in [-0.05, 0) is 18.2 Å². The van der Waals surface area contributed by atoms with Crippen molar-refractivity contribution in [1.29, 1.82) is 0 Å². The van der Waals surface area contributed by atoms with E-state index in [1.54, 1.807) is 0 Å². The number of nitro benzene ring substituents is 1. The number of hydrogen-bond donors (Lipinski definition) is 0. The van der Waals surface area contributed by atoms with Crippen LogP contribution < -0.4 is 4.74 Å². The summed E-state index contributed by atoms with van der Waals surface area (Å²) in [6.45, 7) is 0. The Labute approximate surface area is 124 Å². The molecule has 0 atom stereocenters. The van der Waals surface area contributed by atoms with Crippen molar-refractivity contribution in [3.63, 3.8) is 0 Å². The molecule has 0 aliphatic rings. The molecule has 0 bridgehead atoms. The maximum absolute atomic E-state index is 13.6. The summed E-state index contributed by atoms with van der Waals surface area (Å²) in [6, 6.07) is 1.95. The van der Waals surface area contributed by atoms with Gasteiger partial charge in [-0.3, -0.25) is 10.1 Å². The van der Waals surface area contributed by atoms with Gasteiger partial charge >= 0.3 is 6.18 Å². The summed E-state index contributed by atoms with van der Waals surface area (Å²) in [4.78, 5) is 9.52. The van der Waals surface area contributed by atoms with Crippen molar-refractivity contribution in [1.82, 2.24) is 0 Å². The largest absolute Gasteiger partial charge is 0.448 e. The highest BCUT2D eigenvalue weighted by Gasteiger charge is 2.33. The van der Waals surface area contributed by atoms with Crippen LogP contribution >= 0.6 is 0 Å². The van der Waals surface area contributed by atoms with E-state index >= 15 is 0 Å². The lowest BCUT2D eigenvalue weighted by Gasteiger charge is -2.12. The molecule has 0 fully saturated rings. The molecule has 4 nitrogen and oxygen atoms in total. The molecule has 0 aromatic heterocycles. The standard InChI is InChI=1S/C13H5F6NO3/c14-8-5-7(20(21)22)1-2-11(8)23-12-9(15)3-6(4-10(12)16)13(17,18)19/h1-5H. The predicted molar refractivity (Wildman–Crippen MR) is 64.5 cm³/mol. The first-order valence-corrected chi connectivity index (χ1v) is 5.77. The molecule has 0 radical (unpaired) electrons. The molecule has 0 saturated heterocycles. The SMILES string of the molecule is O=[N+]([O-])c1ccc(Oc2c(F)cc(C(F)(F)F)cc2F)c(F)c1. The summed E-state index contributed by atoms with van der Waals surface area (Å²) in [5, 5.41) is 10.4. The molecule has 2 aromatic rings. The van der Waals surface area contributed by atoms with E-state index in [4.69, 9.17) is 0 Å². The van der Waals surface area contributed by atoms with Crippen LogP contribution in [0, 0.1) is 27.6 Å². The zero-order valence-electron chi connectivity index (χ0n) is 10.8. The van der Waals surface area contributed by atoms with Crippen LogP contribution in [0.2, 0.25) is 0 Å². The van der Waals surface area contributed by atoms with E-state index in [2.05, 4.69) is 4.74 Å². The van der Waals surface area contributed by atoms with Crippen molar-refractivity contribution in [2.75, 3.05) is 0 Å². The second-order valence-electron chi connectivity index (χ2n) is 4.24. The van der Waals surface area contributed by atoms with Gasteiger partial charge in [0.1, 0.15) is 0 Å². The number of hydrogen-bond acceptors (Lipinski definition) is 3. The molecule has 0 aliphatic carbocycles. The fourth-order valence-corrected chi connectivity index (χ4v) is 1.62. The fraction of sp³-hybridized carbons (Fsp3) is 0.0769. The molecule has 23 heavy (non-hydrogen) atoms. The molecule has 0 unspecified atom stereocenters. The first-order valence-electron chi connectivity index (χ1n) is 5.77. The number of nitrogens with zero attached hydrogens (tertiary/aromatic N) is 1.